The second-order valence-electron chi connectivity index (χ2n) is 3.10. The van der Waals surface area contributed by atoms with Gasteiger partial charge in [0.15, 0.2) is 0 Å². The highest BCUT2D eigenvalue weighted by molar-refractivity contribution is 5.85. The third-order valence-corrected chi connectivity index (χ3v) is 1.85. The van der Waals surface area contributed by atoms with Gasteiger partial charge in [0.25, 0.3) is 0 Å². The van der Waals surface area contributed by atoms with Gasteiger partial charge in [-0.3, -0.25) is 0 Å². The highest BCUT2D eigenvalue weighted by Gasteiger charge is 1.99. The maximum Gasteiger partial charge on any atom is 0.328 e. The summed E-state index contributed by atoms with van der Waals surface area (Å²) in [5.41, 5.74) is 8.68. The lowest BCUT2D eigenvalue weighted by molar-refractivity contribution is -0.131. The lowest BCUT2D eigenvalue weighted by Gasteiger charge is -1.97. The molecule has 0 radical (unpaired) electrons. The average molecular weight is 245 g/mol. The minimum absolute atomic E-state index is 0.0220. The number of benzene rings is 1. The van der Waals surface area contributed by atoms with Gasteiger partial charge in [-0.05, 0) is 29.8 Å². The summed E-state index contributed by atoms with van der Waals surface area (Å²) in [6.07, 6.45) is 1.99. The molecule has 0 saturated heterocycles. The van der Waals surface area contributed by atoms with Crippen LogP contribution in [0.3, 0.4) is 0 Å². The smallest absolute Gasteiger partial charge is 0.328 e. The van der Waals surface area contributed by atoms with Crippen LogP contribution in [0.5, 0.6) is 0 Å². The molecule has 0 aromatic heterocycles. The molecule has 0 aliphatic heterocycles. The van der Waals surface area contributed by atoms with Crippen LogP contribution in [-0.4, -0.2) is 17.6 Å². The Balaban J connectivity index is 2.95. The zero-order valence-corrected chi connectivity index (χ0v) is 9.17. The number of carbonyl (C=O) groups is 1. The molecule has 1 aromatic carbocycles. The monoisotopic (exact) mass is 245 g/mol. The van der Waals surface area contributed by atoms with E-state index in [1.54, 1.807) is 0 Å². The molecule has 0 saturated carbocycles. The molecule has 0 bridgehead atoms. The lowest BCUT2D eigenvalue weighted by Crippen LogP contribution is -1.88. The van der Waals surface area contributed by atoms with Crippen LogP contribution in [0.15, 0.2) is 29.4 Å². The minimum atomic E-state index is -1.16. The van der Waals surface area contributed by atoms with Crippen LogP contribution in [-0.2, 0) is 4.79 Å². The number of hydrogen-bond donors (Lipinski definition) is 1. The summed E-state index contributed by atoms with van der Waals surface area (Å²) in [5, 5.41) is 11.7. The van der Waals surface area contributed by atoms with Crippen molar-refractivity contribution in [2.24, 2.45) is 5.11 Å². The van der Waals surface area contributed by atoms with Gasteiger partial charge >= 0.3 is 5.97 Å². The third-order valence-electron chi connectivity index (χ3n) is 1.85. The molecule has 0 unspecified atom stereocenters. The van der Waals surface area contributed by atoms with Gasteiger partial charge in [-0.25, -0.2) is 9.18 Å². The normalized spacial score (nSPS) is 9.39. The van der Waals surface area contributed by atoms with Gasteiger partial charge in [0.05, 0.1) is 6.54 Å². The molecule has 90 valence electrons. The van der Waals surface area contributed by atoms with E-state index in [-0.39, 0.29) is 12.1 Å². The highest BCUT2D eigenvalue weighted by Crippen LogP contribution is 2.11. The van der Waals surface area contributed by atoms with E-state index >= 15 is 0 Å². The van der Waals surface area contributed by atoms with Crippen molar-refractivity contribution < 1.29 is 14.3 Å². The number of carboxylic acids is 1. The van der Waals surface area contributed by atoms with Crippen LogP contribution >= 0.6 is 0 Å². The van der Waals surface area contributed by atoms with Gasteiger partial charge < -0.3 is 5.11 Å². The maximum absolute atomic E-state index is 13.3. The topological polar surface area (TPSA) is 86.1 Å². The molecule has 0 fully saturated rings. The van der Waals surface area contributed by atoms with Crippen molar-refractivity contribution in [3.63, 3.8) is 0 Å². The molecule has 0 amide bonds. The van der Waals surface area contributed by atoms with Gasteiger partial charge in [0.1, 0.15) is 5.82 Å². The van der Waals surface area contributed by atoms with E-state index in [9.17, 15) is 9.18 Å². The summed E-state index contributed by atoms with van der Waals surface area (Å²) in [6, 6.07) is 4.06. The van der Waals surface area contributed by atoms with Crippen molar-refractivity contribution >= 4 is 12.0 Å². The second kappa shape index (κ2) is 6.74. The Labute approximate surface area is 102 Å². The van der Waals surface area contributed by atoms with Gasteiger partial charge in [-0.1, -0.05) is 17.0 Å². The number of azide groups is 1. The molecule has 6 heteroatoms. The summed E-state index contributed by atoms with van der Waals surface area (Å²) in [7, 11) is 0. The Hall–Kier alpha value is -2.77. The molecule has 5 nitrogen and oxygen atoms in total. The van der Waals surface area contributed by atoms with Gasteiger partial charge in [0, 0.05) is 22.1 Å². The summed E-state index contributed by atoms with van der Waals surface area (Å²) < 4.78 is 13.3. The lowest BCUT2D eigenvalue weighted by atomic mass is 10.1. The van der Waals surface area contributed by atoms with Gasteiger partial charge in [-0.2, -0.15) is 0 Å². The first-order valence-corrected chi connectivity index (χ1v) is 4.84. The van der Waals surface area contributed by atoms with Crippen LogP contribution in [0.4, 0.5) is 4.39 Å². The molecular weight excluding hydrogens is 237 g/mol. The summed E-state index contributed by atoms with van der Waals surface area (Å²) >= 11 is 0. The van der Waals surface area contributed by atoms with Crippen LogP contribution in [0.2, 0.25) is 0 Å². The van der Waals surface area contributed by atoms with Crippen LogP contribution in [0.25, 0.3) is 16.5 Å². The van der Waals surface area contributed by atoms with Crippen LogP contribution in [0, 0.1) is 17.7 Å². The molecule has 18 heavy (non-hydrogen) atoms. The first-order chi connectivity index (χ1) is 8.63. The van der Waals surface area contributed by atoms with E-state index in [2.05, 4.69) is 21.9 Å². The summed E-state index contributed by atoms with van der Waals surface area (Å²) in [4.78, 5) is 12.9. The van der Waals surface area contributed by atoms with E-state index in [4.69, 9.17) is 10.6 Å². The summed E-state index contributed by atoms with van der Waals surface area (Å²) in [6.45, 7) is 0.0220. The Bertz CT molecular complexity index is 593. The predicted octanol–water partition coefficient (Wildman–Crippen LogP) is 2.59. The predicted molar refractivity (Wildman–Crippen MR) is 64.0 cm³/mol. The average Bonchev–Trinajstić information content (AvgIpc) is 2.34. The number of hydrogen-bond acceptors (Lipinski definition) is 2. The van der Waals surface area contributed by atoms with E-state index in [1.807, 2.05) is 0 Å². The molecular formula is C12H8FN3O2. The largest absolute Gasteiger partial charge is 0.478 e. The fourth-order valence-electron chi connectivity index (χ4n) is 1.12. The number of carboxylic acid groups (broad SMARTS) is 1. The fourth-order valence-corrected chi connectivity index (χ4v) is 1.12. The molecule has 0 atom stereocenters. The zero-order chi connectivity index (χ0) is 13.4. The van der Waals surface area contributed by atoms with Crippen molar-refractivity contribution in [1.82, 2.24) is 0 Å². The van der Waals surface area contributed by atoms with Gasteiger partial charge in [0.2, 0.25) is 0 Å². The van der Waals surface area contributed by atoms with Gasteiger partial charge in [-0.15, -0.1) is 0 Å². The standard InChI is InChI=1S/C12H8FN3O2/c13-11-5-3-9(2-1-7-15-16-14)8-10(11)4-6-12(17)18/h3-6,8H,7H2,(H,17,18)/b6-4+. The molecule has 0 aliphatic carbocycles. The van der Waals surface area contributed by atoms with Crippen molar-refractivity contribution in [1.29, 1.82) is 0 Å². The first-order valence-electron chi connectivity index (χ1n) is 4.84. The first kappa shape index (κ1) is 13.3. The molecule has 1 rings (SSSR count). The molecule has 0 heterocycles. The third kappa shape index (κ3) is 4.39. The van der Waals surface area contributed by atoms with Crippen molar-refractivity contribution in [2.45, 2.75) is 0 Å². The Morgan fingerprint density at radius 1 is 1.61 bits per heavy atom. The van der Waals surface area contributed by atoms with Crippen LogP contribution in [0.1, 0.15) is 11.1 Å². The number of aliphatic carboxylic acids is 1. The number of rotatable bonds is 3. The number of nitrogens with zero attached hydrogens (tertiary/aromatic N) is 3. The molecule has 1 N–H and O–H groups in total. The summed E-state index contributed by atoms with van der Waals surface area (Å²) in [5.74, 6) is 3.56. The maximum atomic E-state index is 13.3. The second-order valence-corrected chi connectivity index (χ2v) is 3.10. The highest BCUT2D eigenvalue weighted by atomic mass is 19.1. The van der Waals surface area contributed by atoms with E-state index < -0.39 is 11.8 Å². The van der Waals surface area contributed by atoms with Crippen molar-refractivity contribution in [3.8, 4) is 11.8 Å². The van der Waals surface area contributed by atoms with Crippen molar-refractivity contribution in [2.75, 3.05) is 6.54 Å². The fraction of sp³-hybridized carbons (Fsp3) is 0.0833. The van der Waals surface area contributed by atoms with Crippen LogP contribution < -0.4 is 0 Å². The SMILES string of the molecule is [N-]=[N+]=NCC#Cc1ccc(F)c(/C=C/C(=O)O)c1. The zero-order valence-electron chi connectivity index (χ0n) is 9.17. The van der Waals surface area contributed by atoms with E-state index in [0.29, 0.717) is 5.56 Å². The molecule has 0 spiro atoms. The van der Waals surface area contributed by atoms with E-state index in [1.165, 1.54) is 18.2 Å². The molecule has 1 aromatic rings. The molecule has 0 aliphatic rings. The van der Waals surface area contributed by atoms with Crippen molar-refractivity contribution in [3.05, 3.63) is 51.7 Å². The van der Waals surface area contributed by atoms with E-state index in [0.717, 1.165) is 12.2 Å². The quantitative estimate of drug-likeness (QED) is 0.292. The Morgan fingerprint density at radius 3 is 3.06 bits per heavy atom. The Kier molecular flexibility index (Phi) is 4.98. The minimum Gasteiger partial charge on any atom is -0.478 e. The number of halogens is 1. The Morgan fingerprint density at radius 2 is 2.39 bits per heavy atom.